The third kappa shape index (κ3) is 4.00. The van der Waals surface area contributed by atoms with Crippen LogP contribution in [0.25, 0.3) is 0 Å². The molecule has 0 saturated heterocycles. The smallest absolute Gasteiger partial charge is 0.272 e. The minimum atomic E-state index is -0.560. The summed E-state index contributed by atoms with van der Waals surface area (Å²) in [7, 11) is 0. The van der Waals surface area contributed by atoms with Gasteiger partial charge >= 0.3 is 0 Å². The van der Waals surface area contributed by atoms with Gasteiger partial charge in [0.05, 0.1) is 11.0 Å². The van der Waals surface area contributed by atoms with Crippen LogP contribution in [0, 0.1) is 21.3 Å². The Bertz CT molecular complexity index is 485. The second-order valence-electron chi connectivity index (χ2n) is 6.05. The van der Waals surface area contributed by atoms with E-state index in [1.165, 1.54) is 44.2 Å². The molecular formula is C15H21FN2O2. The Hall–Kier alpha value is -1.49. The summed E-state index contributed by atoms with van der Waals surface area (Å²) in [4.78, 5) is 10.1. The SMILES string of the molecule is CC1(CNCc2cc(F)cc([N+](=O)[O-])c2)CCCCC1. The van der Waals surface area contributed by atoms with Crippen LogP contribution >= 0.6 is 0 Å². The fourth-order valence-electron chi connectivity index (χ4n) is 2.93. The highest BCUT2D eigenvalue weighted by molar-refractivity contribution is 5.35. The molecule has 1 fully saturated rings. The molecule has 0 bridgehead atoms. The first-order chi connectivity index (χ1) is 9.48. The lowest BCUT2D eigenvalue weighted by Gasteiger charge is -2.33. The van der Waals surface area contributed by atoms with Crippen LogP contribution in [0.5, 0.6) is 0 Å². The normalized spacial score (nSPS) is 17.9. The second kappa shape index (κ2) is 6.31. The number of nitrogens with one attached hydrogen (secondary N) is 1. The molecule has 2 rings (SSSR count). The Morgan fingerprint density at radius 3 is 2.65 bits per heavy atom. The number of hydrogen-bond acceptors (Lipinski definition) is 3. The summed E-state index contributed by atoms with van der Waals surface area (Å²) >= 11 is 0. The van der Waals surface area contributed by atoms with E-state index in [1.54, 1.807) is 0 Å². The van der Waals surface area contributed by atoms with Crippen LogP contribution in [0.2, 0.25) is 0 Å². The van der Waals surface area contributed by atoms with Crippen LogP contribution in [-0.4, -0.2) is 11.5 Å². The van der Waals surface area contributed by atoms with Gasteiger partial charge in [-0.1, -0.05) is 26.2 Å². The van der Waals surface area contributed by atoms with Gasteiger partial charge in [-0.15, -0.1) is 0 Å². The summed E-state index contributed by atoms with van der Waals surface area (Å²) in [5, 5.41) is 14.0. The first kappa shape index (κ1) is 14.9. The lowest BCUT2D eigenvalue weighted by atomic mass is 9.76. The Kier molecular flexibility index (Phi) is 4.70. The molecule has 0 aliphatic heterocycles. The van der Waals surface area contributed by atoms with E-state index in [0.29, 0.717) is 17.5 Å². The second-order valence-corrected chi connectivity index (χ2v) is 6.05. The van der Waals surface area contributed by atoms with Gasteiger partial charge in [-0.05, 0) is 29.9 Å². The van der Waals surface area contributed by atoms with Gasteiger partial charge in [-0.25, -0.2) is 4.39 Å². The number of nitro groups is 1. The van der Waals surface area contributed by atoms with Crippen LogP contribution in [0.1, 0.15) is 44.6 Å². The largest absolute Gasteiger partial charge is 0.312 e. The van der Waals surface area contributed by atoms with Crippen molar-refractivity contribution in [3.05, 3.63) is 39.7 Å². The van der Waals surface area contributed by atoms with Crippen LogP contribution in [0.4, 0.5) is 10.1 Å². The van der Waals surface area contributed by atoms with Crippen molar-refractivity contribution in [3.63, 3.8) is 0 Å². The first-order valence-corrected chi connectivity index (χ1v) is 7.13. The summed E-state index contributed by atoms with van der Waals surface area (Å²) in [6, 6.07) is 3.73. The quantitative estimate of drug-likeness (QED) is 0.659. The topological polar surface area (TPSA) is 55.2 Å². The summed E-state index contributed by atoms with van der Waals surface area (Å²) in [5.74, 6) is -0.556. The zero-order valence-electron chi connectivity index (χ0n) is 11.8. The van der Waals surface area contributed by atoms with Gasteiger partial charge in [0.1, 0.15) is 5.82 Å². The monoisotopic (exact) mass is 280 g/mol. The molecule has 0 unspecified atom stereocenters. The molecule has 0 amide bonds. The average molecular weight is 280 g/mol. The van der Waals surface area contributed by atoms with E-state index in [4.69, 9.17) is 0 Å². The zero-order chi connectivity index (χ0) is 14.6. The van der Waals surface area contributed by atoms with E-state index < -0.39 is 10.7 Å². The van der Waals surface area contributed by atoms with Gasteiger partial charge in [0, 0.05) is 19.2 Å². The summed E-state index contributed by atoms with van der Waals surface area (Å²) in [6.07, 6.45) is 6.27. The molecule has 1 aromatic carbocycles. The van der Waals surface area contributed by atoms with Gasteiger partial charge in [0.25, 0.3) is 5.69 Å². The minimum Gasteiger partial charge on any atom is -0.312 e. The maximum atomic E-state index is 13.3. The van der Waals surface area contributed by atoms with Crippen LogP contribution in [-0.2, 0) is 6.54 Å². The molecule has 20 heavy (non-hydrogen) atoms. The highest BCUT2D eigenvalue weighted by Gasteiger charge is 2.26. The van der Waals surface area contributed by atoms with E-state index in [1.807, 2.05) is 0 Å². The number of nitrogens with zero attached hydrogens (tertiary/aromatic N) is 1. The Balaban J connectivity index is 1.92. The van der Waals surface area contributed by atoms with Crippen molar-refractivity contribution in [3.8, 4) is 0 Å². The van der Waals surface area contributed by atoms with Crippen molar-refractivity contribution in [2.45, 2.75) is 45.6 Å². The molecule has 0 heterocycles. The molecule has 1 N–H and O–H groups in total. The first-order valence-electron chi connectivity index (χ1n) is 7.13. The van der Waals surface area contributed by atoms with Crippen molar-refractivity contribution in [1.82, 2.24) is 5.32 Å². The Labute approximate surface area is 118 Å². The highest BCUT2D eigenvalue weighted by atomic mass is 19.1. The van der Waals surface area contributed by atoms with E-state index in [-0.39, 0.29) is 5.69 Å². The van der Waals surface area contributed by atoms with Gasteiger partial charge in [0.15, 0.2) is 0 Å². The zero-order valence-corrected chi connectivity index (χ0v) is 11.8. The fraction of sp³-hybridized carbons (Fsp3) is 0.600. The number of nitro benzene ring substituents is 1. The van der Waals surface area contributed by atoms with E-state index in [9.17, 15) is 14.5 Å². The number of non-ortho nitro benzene ring substituents is 1. The summed E-state index contributed by atoms with van der Waals surface area (Å²) in [5.41, 5.74) is 0.735. The molecule has 0 atom stereocenters. The Morgan fingerprint density at radius 2 is 2.00 bits per heavy atom. The summed E-state index contributed by atoms with van der Waals surface area (Å²) < 4.78 is 13.3. The molecule has 1 saturated carbocycles. The van der Waals surface area contributed by atoms with Gasteiger partial charge in [0.2, 0.25) is 0 Å². The highest BCUT2D eigenvalue weighted by Crippen LogP contribution is 2.35. The standard InChI is InChI=1S/C15H21FN2O2/c1-15(5-3-2-4-6-15)11-17-10-12-7-13(16)9-14(8-12)18(19)20/h7-9,17H,2-6,10-11H2,1H3. The van der Waals surface area contributed by atoms with Gasteiger partial charge in [-0.2, -0.15) is 0 Å². The van der Waals surface area contributed by atoms with Crippen LogP contribution in [0.3, 0.4) is 0 Å². The third-order valence-corrected chi connectivity index (χ3v) is 4.09. The van der Waals surface area contributed by atoms with Gasteiger partial charge in [-0.3, -0.25) is 10.1 Å². The Morgan fingerprint density at radius 1 is 1.30 bits per heavy atom. The van der Waals surface area contributed by atoms with Crippen LogP contribution < -0.4 is 5.32 Å². The molecule has 4 nitrogen and oxygen atoms in total. The summed E-state index contributed by atoms with van der Waals surface area (Å²) in [6.45, 7) is 3.61. The molecule has 0 aromatic heterocycles. The predicted octanol–water partition coefficient (Wildman–Crippen LogP) is 3.79. The molecule has 0 radical (unpaired) electrons. The van der Waals surface area contributed by atoms with Crippen molar-refractivity contribution in [2.75, 3.05) is 6.54 Å². The predicted molar refractivity (Wildman–Crippen MR) is 76.0 cm³/mol. The van der Waals surface area contributed by atoms with Crippen molar-refractivity contribution < 1.29 is 9.31 Å². The molecular weight excluding hydrogens is 259 g/mol. The van der Waals surface area contributed by atoms with Crippen molar-refractivity contribution in [2.24, 2.45) is 5.41 Å². The van der Waals surface area contributed by atoms with E-state index >= 15 is 0 Å². The number of benzene rings is 1. The average Bonchev–Trinajstić information content (AvgIpc) is 2.38. The third-order valence-electron chi connectivity index (χ3n) is 4.09. The molecule has 1 aliphatic carbocycles. The lowest BCUT2D eigenvalue weighted by Crippen LogP contribution is -2.33. The minimum absolute atomic E-state index is 0.189. The van der Waals surface area contributed by atoms with Crippen LogP contribution in [0.15, 0.2) is 18.2 Å². The van der Waals surface area contributed by atoms with Crippen molar-refractivity contribution >= 4 is 5.69 Å². The van der Waals surface area contributed by atoms with Gasteiger partial charge < -0.3 is 5.32 Å². The number of hydrogen-bond donors (Lipinski definition) is 1. The fourth-order valence-corrected chi connectivity index (χ4v) is 2.93. The molecule has 1 aliphatic rings. The van der Waals surface area contributed by atoms with Crippen molar-refractivity contribution in [1.29, 1.82) is 0 Å². The number of rotatable bonds is 5. The van der Waals surface area contributed by atoms with E-state index in [2.05, 4.69) is 12.2 Å². The molecule has 1 aromatic rings. The van der Waals surface area contributed by atoms with E-state index in [0.717, 1.165) is 12.6 Å². The molecule has 5 heteroatoms. The maximum Gasteiger partial charge on any atom is 0.272 e. The maximum absolute atomic E-state index is 13.3. The number of halogens is 1. The lowest BCUT2D eigenvalue weighted by molar-refractivity contribution is -0.385. The molecule has 110 valence electrons. The molecule has 0 spiro atoms.